The van der Waals surface area contributed by atoms with Crippen molar-refractivity contribution in [3.05, 3.63) is 65.1 Å². The number of methoxy groups -OCH3 is 2. The lowest BCUT2D eigenvalue weighted by atomic mass is 10.1. The summed E-state index contributed by atoms with van der Waals surface area (Å²) in [6.07, 6.45) is 4.30. The summed E-state index contributed by atoms with van der Waals surface area (Å²) >= 11 is 1.65. The molecule has 1 amide bonds. The molecule has 0 radical (unpaired) electrons. The number of carbonyl (C=O) groups is 1. The Hall–Kier alpha value is -2.73. The summed E-state index contributed by atoms with van der Waals surface area (Å²) in [5.74, 6) is 1.20. The number of anilines is 1. The molecule has 0 saturated carbocycles. The lowest BCUT2D eigenvalue weighted by Gasteiger charge is -2.18. The number of amides is 1. The van der Waals surface area contributed by atoms with Crippen LogP contribution >= 0.6 is 11.3 Å². The van der Waals surface area contributed by atoms with Crippen LogP contribution in [0, 0.1) is 0 Å². The largest absolute Gasteiger partial charge is 0.497 e. The molecule has 1 atom stereocenters. The zero-order valence-corrected chi connectivity index (χ0v) is 15.0. The summed E-state index contributed by atoms with van der Waals surface area (Å²) in [6.45, 7) is 0. The van der Waals surface area contributed by atoms with Crippen LogP contribution in [0.1, 0.15) is 17.3 Å². The number of hydrogen-bond donors (Lipinski definition) is 1. The van der Waals surface area contributed by atoms with Gasteiger partial charge in [-0.3, -0.25) is 4.79 Å². The topological polar surface area (TPSA) is 52.5 Å². The summed E-state index contributed by atoms with van der Waals surface area (Å²) in [5.41, 5.74) is 0.652. The molecule has 0 unspecified atom stereocenters. The molecule has 25 heavy (non-hydrogen) atoms. The number of nitrogens with zero attached hydrogens (tertiary/aromatic N) is 1. The van der Waals surface area contributed by atoms with Gasteiger partial charge < -0.3 is 19.4 Å². The van der Waals surface area contributed by atoms with E-state index in [0.29, 0.717) is 23.6 Å². The number of carbonyl (C=O) groups excluding carboxylic acids is 1. The first-order chi connectivity index (χ1) is 12.2. The van der Waals surface area contributed by atoms with Crippen molar-refractivity contribution in [3.63, 3.8) is 0 Å². The van der Waals surface area contributed by atoms with Gasteiger partial charge in [-0.05, 0) is 23.6 Å². The van der Waals surface area contributed by atoms with E-state index >= 15 is 0 Å². The van der Waals surface area contributed by atoms with Crippen LogP contribution in [-0.4, -0.2) is 24.7 Å². The second kappa shape index (κ2) is 7.90. The normalized spacial score (nSPS) is 11.8. The van der Waals surface area contributed by atoms with Crippen LogP contribution in [0.15, 0.2) is 60.2 Å². The molecule has 130 valence electrons. The molecular weight excluding hydrogens is 336 g/mol. The lowest BCUT2D eigenvalue weighted by Crippen LogP contribution is -2.19. The van der Waals surface area contributed by atoms with Gasteiger partial charge in [-0.1, -0.05) is 6.07 Å². The van der Waals surface area contributed by atoms with E-state index in [2.05, 4.69) is 16.0 Å². The molecule has 6 heteroatoms. The Morgan fingerprint density at radius 3 is 2.36 bits per heavy atom. The molecule has 1 N–H and O–H groups in total. The third-order valence-corrected chi connectivity index (χ3v) is 4.85. The molecule has 0 fully saturated rings. The fourth-order valence-corrected chi connectivity index (χ4v) is 3.49. The third-order valence-electron chi connectivity index (χ3n) is 3.87. The van der Waals surface area contributed by atoms with E-state index in [1.165, 1.54) is 0 Å². The highest BCUT2D eigenvalue weighted by molar-refractivity contribution is 7.10. The maximum Gasteiger partial charge on any atom is 0.226 e. The standard InChI is InChI=1S/C19H20N2O3S/c1-23-15-10-14(11-16(12-15)24-2)20-19(22)13-17(18-6-5-9-25-18)21-7-3-4-8-21/h3-12,17H,13H2,1-2H3,(H,20,22)/t17-/m0/s1. The number of nitrogens with one attached hydrogen (secondary N) is 1. The number of aromatic nitrogens is 1. The number of rotatable bonds is 7. The number of ether oxygens (including phenoxy) is 2. The van der Waals surface area contributed by atoms with Crippen molar-refractivity contribution in [1.82, 2.24) is 4.57 Å². The first-order valence-corrected chi connectivity index (χ1v) is 8.76. The highest BCUT2D eigenvalue weighted by Gasteiger charge is 2.18. The Kier molecular flexibility index (Phi) is 5.40. The molecule has 0 bridgehead atoms. The smallest absolute Gasteiger partial charge is 0.226 e. The van der Waals surface area contributed by atoms with Crippen molar-refractivity contribution in [3.8, 4) is 11.5 Å². The van der Waals surface area contributed by atoms with Gasteiger partial charge in [-0.25, -0.2) is 0 Å². The SMILES string of the molecule is COc1cc(NC(=O)C[C@@H](c2cccs2)n2cccc2)cc(OC)c1. The average Bonchev–Trinajstić information content (AvgIpc) is 3.33. The van der Waals surface area contributed by atoms with Gasteiger partial charge in [-0.15, -0.1) is 11.3 Å². The van der Waals surface area contributed by atoms with Crippen LogP contribution < -0.4 is 14.8 Å². The van der Waals surface area contributed by atoms with E-state index in [1.54, 1.807) is 43.8 Å². The van der Waals surface area contributed by atoms with Crippen LogP contribution in [0.3, 0.4) is 0 Å². The highest BCUT2D eigenvalue weighted by Crippen LogP contribution is 2.29. The molecule has 5 nitrogen and oxygen atoms in total. The van der Waals surface area contributed by atoms with Crippen LogP contribution in [0.4, 0.5) is 5.69 Å². The summed E-state index contributed by atoms with van der Waals surface area (Å²) in [4.78, 5) is 13.8. The van der Waals surface area contributed by atoms with E-state index in [1.807, 2.05) is 36.0 Å². The third kappa shape index (κ3) is 4.22. The quantitative estimate of drug-likeness (QED) is 0.691. The number of thiophene rings is 1. The summed E-state index contributed by atoms with van der Waals surface area (Å²) in [5, 5.41) is 4.96. The average molecular weight is 356 g/mol. The lowest BCUT2D eigenvalue weighted by molar-refractivity contribution is -0.116. The molecule has 0 aliphatic heterocycles. The van der Waals surface area contributed by atoms with Crippen molar-refractivity contribution >= 4 is 22.9 Å². The summed E-state index contributed by atoms with van der Waals surface area (Å²) < 4.78 is 12.5. The van der Waals surface area contributed by atoms with Crippen molar-refractivity contribution < 1.29 is 14.3 Å². The maximum absolute atomic E-state index is 12.6. The zero-order valence-electron chi connectivity index (χ0n) is 14.1. The summed E-state index contributed by atoms with van der Waals surface area (Å²) in [7, 11) is 3.17. The van der Waals surface area contributed by atoms with Crippen molar-refractivity contribution in [2.45, 2.75) is 12.5 Å². The van der Waals surface area contributed by atoms with Gasteiger partial charge >= 0.3 is 0 Å². The Morgan fingerprint density at radius 2 is 1.80 bits per heavy atom. The second-order valence-electron chi connectivity index (χ2n) is 5.52. The number of benzene rings is 1. The van der Waals surface area contributed by atoms with E-state index in [-0.39, 0.29) is 11.9 Å². The molecule has 0 aliphatic carbocycles. The second-order valence-corrected chi connectivity index (χ2v) is 6.49. The fraction of sp³-hybridized carbons (Fsp3) is 0.211. The molecular formula is C19H20N2O3S. The Morgan fingerprint density at radius 1 is 1.12 bits per heavy atom. The minimum Gasteiger partial charge on any atom is -0.497 e. The van der Waals surface area contributed by atoms with Crippen LogP contribution in [0.25, 0.3) is 0 Å². The minimum absolute atomic E-state index is 0.0255. The van der Waals surface area contributed by atoms with Gasteiger partial charge in [0.1, 0.15) is 11.5 Å². The van der Waals surface area contributed by atoms with E-state index < -0.39 is 0 Å². The van der Waals surface area contributed by atoms with Gasteiger partial charge in [0.2, 0.25) is 5.91 Å². The molecule has 0 aliphatic rings. The monoisotopic (exact) mass is 356 g/mol. The van der Waals surface area contributed by atoms with Crippen LogP contribution in [-0.2, 0) is 4.79 Å². The van der Waals surface area contributed by atoms with Gasteiger partial charge in [-0.2, -0.15) is 0 Å². The van der Waals surface area contributed by atoms with Crippen molar-refractivity contribution in [1.29, 1.82) is 0 Å². The van der Waals surface area contributed by atoms with Crippen molar-refractivity contribution in [2.75, 3.05) is 19.5 Å². The van der Waals surface area contributed by atoms with Gasteiger partial charge in [0.25, 0.3) is 0 Å². The first-order valence-electron chi connectivity index (χ1n) is 7.88. The van der Waals surface area contributed by atoms with Gasteiger partial charge in [0, 0.05) is 41.2 Å². The van der Waals surface area contributed by atoms with Crippen LogP contribution in [0.5, 0.6) is 11.5 Å². The van der Waals surface area contributed by atoms with Crippen molar-refractivity contribution in [2.24, 2.45) is 0 Å². The molecule has 0 saturated heterocycles. The predicted octanol–water partition coefficient (Wildman–Crippen LogP) is 4.19. The molecule has 1 aromatic carbocycles. The molecule has 2 aromatic heterocycles. The fourth-order valence-electron chi connectivity index (χ4n) is 2.66. The number of hydrogen-bond acceptors (Lipinski definition) is 4. The highest BCUT2D eigenvalue weighted by atomic mass is 32.1. The van der Waals surface area contributed by atoms with Gasteiger partial charge in [0.15, 0.2) is 0 Å². The molecule has 2 heterocycles. The zero-order chi connectivity index (χ0) is 17.6. The Bertz CT molecular complexity index is 757. The summed E-state index contributed by atoms with van der Waals surface area (Å²) in [6, 6.07) is 13.3. The maximum atomic E-state index is 12.6. The molecule has 3 aromatic rings. The predicted molar refractivity (Wildman–Crippen MR) is 99.7 cm³/mol. The van der Waals surface area contributed by atoms with E-state index in [4.69, 9.17) is 9.47 Å². The van der Waals surface area contributed by atoms with E-state index in [0.717, 1.165) is 4.88 Å². The Balaban J connectivity index is 1.76. The first kappa shape index (κ1) is 17.1. The molecule has 0 spiro atoms. The van der Waals surface area contributed by atoms with Crippen LogP contribution in [0.2, 0.25) is 0 Å². The Labute approximate surface area is 150 Å². The van der Waals surface area contributed by atoms with Gasteiger partial charge in [0.05, 0.1) is 26.7 Å². The minimum atomic E-state index is -0.0672. The van der Waals surface area contributed by atoms with E-state index in [9.17, 15) is 4.79 Å². The molecule has 3 rings (SSSR count).